The Morgan fingerprint density at radius 3 is 2.46 bits per heavy atom. The van der Waals surface area contributed by atoms with Crippen LogP contribution in [0.1, 0.15) is 34.8 Å². The number of fused-ring (bicyclic) bond motifs is 1. The Bertz CT molecular complexity index is 1080. The molecule has 3 aromatic rings. The summed E-state index contributed by atoms with van der Waals surface area (Å²) < 4.78 is 1.53. The molecule has 1 amide bonds. The van der Waals surface area contributed by atoms with Crippen LogP contribution in [0.3, 0.4) is 0 Å². The molecule has 0 bridgehead atoms. The summed E-state index contributed by atoms with van der Waals surface area (Å²) in [6, 6.07) is 6.92. The molecular formula is C21H26N4O2S. The molecular weight excluding hydrogens is 372 g/mol. The third-order valence-electron chi connectivity index (χ3n) is 4.85. The van der Waals surface area contributed by atoms with Gasteiger partial charge in [0.15, 0.2) is 0 Å². The third-order valence-corrected chi connectivity index (χ3v) is 5.95. The SMILES string of the molecule is Cc1ccc(NC(=O)C(C)n2c(CN(C)C)nc3sc(C)c(C)c3c2=O)cc1. The summed E-state index contributed by atoms with van der Waals surface area (Å²) in [5.41, 5.74) is 2.61. The van der Waals surface area contributed by atoms with Crippen LogP contribution in [-0.2, 0) is 11.3 Å². The highest BCUT2D eigenvalue weighted by Gasteiger charge is 2.24. The molecule has 148 valence electrons. The quantitative estimate of drug-likeness (QED) is 0.712. The first-order valence-corrected chi connectivity index (χ1v) is 10.0. The fourth-order valence-electron chi connectivity index (χ4n) is 3.14. The number of aryl methyl sites for hydroxylation is 3. The van der Waals surface area contributed by atoms with Crippen molar-refractivity contribution in [3.05, 3.63) is 56.4 Å². The first-order chi connectivity index (χ1) is 13.2. The number of hydrogen-bond donors (Lipinski definition) is 1. The smallest absolute Gasteiger partial charge is 0.263 e. The highest BCUT2D eigenvalue weighted by Crippen LogP contribution is 2.27. The van der Waals surface area contributed by atoms with E-state index in [9.17, 15) is 9.59 Å². The molecule has 0 saturated carbocycles. The maximum Gasteiger partial charge on any atom is 0.263 e. The summed E-state index contributed by atoms with van der Waals surface area (Å²) in [4.78, 5) is 34.7. The van der Waals surface area contributed by atoms with Crippen LogP contribution in [0.2, 0.25) is 0 Å². The zero-order valence-corrected chi connectivity index (χ0v) is 18.0. The molecule has 0 saturated heterocycles. The van der Waals surface area contributed by atoms with Gasteiger partial charge in [-0.2, -0.15) is 0 Å². The number of rotatable bonds is 5. The Hall–Kier alpha value is -2.51. The first kappa shape index (κ1) is 20.2. The second-order valence-corrected chi connectivity index (χ2v) is 8.64. The van der Waals surface area contributed by atoms with E-state index in [2.05, 4.69) is 5.32 Å². The van der Waals surface area contributed by atoms with Crippen molar-refractivity contribution in [1.29, 1.82) is 0 Å². The van der Waals surface area contributed by atoms with Gasteiger partial charge in [0.05, 0.1) is 11.9 Å². The summed E-state index contributed by atoms with van der Waals surface area (Å²) in [6.07, 6.45) is 0. The number of amides is 1. The lowest BCUT2D eigenvalue weighted by Crippen LogP contribution is -2.36. The van der Waals surface area contributed by atoms with Crippen molar-refractivity contribution in [2.45, 2.75) is 40.3 Å². The largest absolute Gasteiger partial charge is 0.324 e. The van der Waals surface area contributed by atoms with Crippen molar-refractivity contribution < 1.29 is 4.79 Å². The van der Waals surface area contributed by atoms with Gasteiger partial charge in [0.2, 0.25) is 5.91 Å². The minimum atomic E-state index is -0.680. The summed E-state index contributed by atoms with van der Waals surface area (Å²) in [5, 5.41) is 3.52. The number of aromatic nitrogens is 2. The van der Waals surface area contributed by atoms with Crippen molar-refractivity contribution in [2.24, 2.45) is 0 Å². The van der Waals surface area contributed by atoms with Crippen molar-refractivity contribution in [3.63, 3.8) is 0 Å². The molecule has 0 spiro atoms. The molecule has 0 radical (unpaired) electrons. The second kappa shape index (κ2) is 7.85. The van der Waals surface area contributed by atoms with Crippen molar-refractivity contribution in [2.75, 3.05) is 19.4 Å². The molecule has 0 aliphatic heterocycles. The number of nitrogens with zero attached hydrogens (tertiary/aromatic N) is 3. The van der Waals surface area contributed by atoms with E-state index in [1.165, 1.54) is 15.9 Å². The van der Waals surface area contributed by atoms with Crippen molar-refractivity contribution in [1.82, 2.24) is 14.5 Å². The lowest BCUT2D eigenvalue weighted by Gasteiger charge is -2.21. The molecule has 2 aromatic heterocycles. The number of carbonyl (C=O) groups excluding carboxylic acids is 1. The van der Waals surface area contributed by atoms with Gasteiger partial charge in [0, 0.05) is 10.6 Å². The molecule has 1 aromatic carbocycles. The van der Waals surface area contributed by atoms with E-state index >= 15 is 0 Å². The van der Waals surface area contributed by atoms with Crippen LogP contribution in [0.4, 0.5) is 5.69 Å². The fourth-order valence-corrected chi connectivity index (χ4v) is 4.18. The maximum absolute atomic E-state index is 13.3. The van der Waals surface area contributed by atoms with E-state index in [0.717, 1.165) is 20.8 Å². The van der Waals surface area contributed by atoms with Gasteiger partial charge < -0.3 is 10.2 Å². The number of benzene rings is 1. The van der Waals surface area contributed by atoms with E-state index in [0.29, 0.717) is 23.4 Å². The van der Waals surface area contributed by atoms with Gasteiger partial charge in [0.1, 0.15) is 16.7 Å². The predicted molar refractivity (Wildman–Crippen MR) is 115 cm³/mol. The Morgan fingerprint density at radius 2 is 1.86 bits per heavy atom. The van der Waals surface area contributed by atoms with Crippen LogP contribution < -0.4 is 10.9 Å². The van der Waals surface area contributed by atoms with Crippen molar-refractivity contribution in [3.8, 4) is 0 Å². The van der Waals surface area contributed by atoms with Crippen LogP contribution >= 0.6 is 11.3 Å². The van der Waals surface area contributed by atoms with E-state index < -0.39 is 6.04 Å². The molecule has 1 N–H and O–H groups in total. The van der Waals surface area contributed by atoms with Gasteiger partial charge in [-0.1, -0.05) is 17.7 Å². The van der Waals surface area contributed by atoms with E-state index in [4.69, 9.17) is 4.98 Å². The van der Waals surface area contributed by atoms with E-state index in [-0.39, 0.29) is 11.5 Å². The molecule has 0 aliphatic carbocycles. The normalized spacial score (nSPS) is 12.5. The molecule has 6 nitrogen and oxygen atoms in total. The molecule has 1 atom stereocenters. The van der Waals surface area contributed by atoms with Gasteiger partial charge in [-0.15, -0.1) is 11.3 Å². The van der Waals surface area contributed by atoms with Crippen LogP contribution in [0.15, 0.2) is 29.1 Å². The zero-order valence-electron chi connectivity index (χ0n) is 17.2. The molecule has 1 unspecified atom stereocenters. The van der Waals surface area contributed by atoms with Gasteiger partial charge >= 0.3 is 0 Å². The number of thiophene rings is 1. The Kier molecular flexibility index (Phi) is 5.67. The highest BCUT2D eigenvalue weighted by atomic mass is 32.1. The molecule has 28 heavy (non-hydrogen) atoms. The standard InChI is InChI=1S/C21H26N4O2S/c1-12-7-9-16(10-8-12)22-19(26)14(3)25-17(11-24(5)6)23-20-18(21(25)27)13(2)15(4)28-20/h7-10,14H,11H2,1-6H3,(H,22,26). The monoisotopic (exact) mass is 398 g/mol. The number of carbonyl (C=O) groups is 1. The Labute approximate surface area is 168 Å². The first-order valence-electron chi connectivity index (χ1n) is 9.22. The average molecular weight is 399 g/mol. The molecule has 2 heterocycles. The van der Waals surface area contributed by atoms with Gasteiger partial charge in [-0.05, 0) is 59.5 Å². The number of nitrogens with one attached hydrogen (secondary N) is 1. The third kappa shape index (κ3) is 3.86. The van der Waals surface area contributed by atoms with Crippen molar-refractivity contribution >= 4 is 33.1 Å². The molecule has 7 heteroatoms. The fraction of sp³-hybridized carbons (Fsp3) is 0.381. The minimum Gasteiger partial charge on any atom is -0.324 e. The van der Waals surface area contributed by atoms with Crippen LogP contribution in [-0.4, -0.2) is 34.5 Å². The maximum atomic E-state index is 13.3. The summed E-state index contributed by atoms with van der Waals surface area (Å²) in [7, 11) is 3.84. The molecule has 0 aliphatic rings. The summed E-state index contributed by atoms with van der Waals surface area (Å²) in [5.74, 6) is 0.354. The van der Waals surface area contributed by atoms with E-state index in [1.54, 1.807) is 6.92 Å². The second-order valence-electron chi connectivity index (χ2n) is 7.44. The average Bonchev–Trinajstić information content (AvgIpc) is 2.90. The van der Waals surface area contributed by atoms with Crippen LogP contribution in [0, 0.1) is 20.8 Å². The topological polar surface area (TPSA) is 67.2 Å². The minimum absolute atomic E-state index is 0.157. The Morgan fingerprint density at radius 1 is 1.21 bits per heavy atom. The van der Waals surface area contributed by atoms with Gasteiger partial charge in [-0.3, -0.25) is 14.2 Å². The molecule has 0 fully saturated rings. The number of anilines is 1. The number of hydrogen-bond acceptors (Lipinski definition) is 5. The summed E-state index contributed by atoms with van der Waals surface area (Å²) in [6.45, 7) is 8.14. The lowest BCUT2D eigenvalue weighted by atomic mass is 10.2. The molecule has 3 rings (SSSR count). The van der Waals surface area contributed by atoms with Gasteiger partial charge in [0.25, 0.3) is 5.56 Å². The zero-order chi connectivity index (χ0) is 20.6. The summed E-state index contributed by atoms with van der Waals surface area (Å²) >= 11 is 1.52. The predicted octanol–water partition coefficient (Wildman–Crippen LogP) is 3.64. The van der Waals surface area contributed by atoms with Crippen LogP contribution in [0.25, 0.3) is 10.2 Å². The van der Waals surface area contributed by atoms with Crippen LogP contribution in [0.5, 0.6) is 0 Å². The van der Waals surface area contributed by atoms with E-state index in [1.807, 2.05) is 64.0 Å². The highest BCUT2D eigenvalue weighted by molar-refractivity contribution is 7.18. The van der Waals surface area contributed by atoms with Gasteiger partial charge in [-0.25, -0.2) is 4.98 Å². The lowest BCUT2D eigenvalue weighted by molar-refractivity contribution is -0.119. The Balaban J connectivity index is 2.07.